The van der Waals surface area contributed by atoms with Gasteiger partial charge in [-0.15, -0.1) is 0 Å². The number of nitrogens with one attached hydrogen (secondary N) is 1. The third kappa shape index (κ3) is 3.58. The van der Waals surface area contributed by atoms with E-state index in [4.69, 9.17) is 11.6 Å². The van der Waals surface area contributed by atoms with Gasteiger partial charge in [0.1, 0.15) is 5.82 Å². The van der Waals surface area contributed by atoms with Crippen LogP contribution in [0.5, 0.6) is 0 Å². The van der Waals surface area contributed by atoms with Crippen LogP contribution in [0.4, 0.5) is 10.1 Å². The maximum atomic E-state index is 13.3. The monoisotopic (exact) mass is 401 g/mol. The van der Waals surface area contributed by atoms with Crippen molar-refractivity contribution >= 4 is 37.5 Å². The molecule has 0 aromatic heterocycles. The van der Waals surface area contributed by atoms with Crippen LogP contribution in [-0.4, -0.2) is 0 Å². The number of rotatable bonds is 4. The first-order valence-corrected chi connectivity index (χ1v) is 7.55. The zero-order valence-corrected chi connectivity index (χ0v) is 13.7. The molecule has 3 nitrogen and oxygen atoms in total. The second-order valence-corrected chi connectivity index (χ2v) is 6.20. The lowest BCUT2D eigenvalue weighted by Gasteiger charge is -2.19. The van der Waals surface area contributed by atoms with E-state index in [1.165, 1.54) is 12.1 Å². The van der Waals surface area contributed by atoms with E-state index < -0.39 is 0 Å². The van der Waals surface area contributed by atoms with Crippen molar-refractivity contribution < 1.29 is 4.39 Å². The lowest BCUT2D eigenvalue weighted by atomic mass is 9.98. The van der Waals surface area contributed by atoms with Gasteiger partial charge in [-0.1, -0.05) is 31.9 Å². The molecule has 0 aliphatic carbocycles. The molecule has 0 fully saturated rings. The highest BCUT2D eigenvalue weighted by molar-refractivity contribution is 9.10. The van der Waals surface area contributed by atoms with Gasteiger partial charge in [0.25, 0.3) is 0 Å². The fourth-order valence-electron chi connectivity index (χ4n) is 2.03. The Labute approximate surface area is 133 Å². The molecule has 0 saturated heterocycles. The zero-order valence-electron chi connectivity index (χ0n) is 10.5. The Bertz CT molecular complexity index is 619. The first-order valence-electron chi connectivity index (χ1n) is 5.96. The van der Waals surface area contributed by atoms with Gasteiger partial charge in [0.15, 0.2) is 0 Å². The molecule has 6 heteroatoms. The van der Waals surface area contributed by atoms with Crippen LogP contribution in [0.15, 0.2) is 45.3 Å². The van der Waals surface area contributed by atoms with Gasteiger partial charge in [0.05, 0.1) is 6.04 Å². The molecule has 0 radical (unpaired) electrons. The van der Waals surface area contributed by atoms with E-state index in [-0.39, 0.29) is 11.9 Å². The Morgan fingerprint density at radius 2 is 1.90 bits per heavy atom. The first kappa shape index (κ1) is 15.4. The Morgan fingerprint density at radius 3 is 2.60 bits per heavy atom. The van der Waals surface area contributed by atoms with E-state index in [0.717, 1.165) is 20.1 Å². The summed E-state index contributed by atoms with van der Waals surface area (Å²) < 4.78 is 15.1. The van der Waals surface area contributed by atoms with Crippen molar-refractivity contribution in [3.8, 4) is 0 Å². The molecule has 106 valence electrons. The summed E-state index contributed by atoms with van der Waals surface area (Å²) in [4.78, 5) is 0. The van der Waals surface area contributed by atoms with Crippen molar-refractivity contribution in [1.82, 2.24) is 5.43 Å². The number of hydrazine groups is 1. The fraction of sp³-hybridized carbons (Fsp3) is 0.143. The average molecular weight is 403 g/mol. The van der Waals surface area contributed by atoms with Crippen molar-refractivity contribution in [2.45, 2.75) is 12.5 Å². The summed E-state index contributed by atoms with van der Waals surface area (Å²) in [5.74, 6) is 5.35. The topological polar surface area (TPSA) is 64.1 Å². The lowest BCUT2D eigenvalue weighted by Crippen LogP contribution is -2.30. The van der Waals surface area contributed by atoms with Gasteiger partial charge in [-0.3, -0.25) is 11.3 Å². The number of anilines is 1. The molecule has 2 rings (SSSR count). The van der Waals surface area contributed by atoms with E-state index in [0.29, 0.717) is 12.1 Å². The standard InChI is InChI=1S/C14H14Br2FN3/c15-9-1-4-13(18)11(7-9)14(20-19)6-8-5-10(17)2-3-12(8)16/h1-5,7,14,20H,6,18-19H2. The van der Waals surface area contributed by atoms with Gasteiger partial charge in [0.2, 0.25) is 0 Å². The highest BCUT2D eigenvalue weighted by Crippen LogP contribution is 2.29. The summed E-state index contributed by atoms with van der Waals surface area (Å²) in [6.07, 6.45) is 0.523. The van der Waals surface area contributed by atoms with E-state index in [1.807, 2.05) is 18.2 Å². The summed E-state index contributed by atoms with van der Waals surface area (Å²) in [7, 11) is 0. The number of halogens is 3. The molecule has 0 aliphatic heterocycles. The molecular weight excluding hydrogens is 389 g/mol. The van der Waals surface area contributed by atoms with E-state index >= 15 is 0 Å². The number of nitrogens with two attached hydrogens (primary N) is 2. The van der Waals surface area contributed by atoms with Crippen molar-refractivity contribution in [3.63, 3.8) is 0 Å². The summed E-state index contributed by atoms with van der Waals surface area (Å²) >= 11 is 6.83. The van der Waals surface area contributed by atoms with Gasteiger partial charge < -0.3 is 5.73 Å². The second-order valence-electron chi connectivity index (χ2n) is 4.43. The zero-order chi connectivity index (χ0) is 14.7. The predicted octanol–water partition coefficient (Wildman–Crippen LogP) is 3.68. The Morgan fingerprint density at radius 1 is 1.15 bits per heavy atom. The smallest absolute Gasteiger partial charge is 0.123 e. The predicted molar refractivity (Wildman–Crippen MR) is 86.4 cm³/mol. The molecule has 5 N–H and O–H groups in total. The van der Waals surface area contributed by atoms with Crippen molar-refractivity contribution in [1.29, 1.82) is 0 Å². The van der Waals surface area contributed by atoms with Crippen LogP contribution in [0.3, 0.4) is 0 Å². The summed E-state index contributed by atoms with van der Waals surface area (Å²) in [5, 5.41) is 0. The molecular formula is C14H14Br2FN3. The van der Waals surface area contributed by atoms with Gasteiger partial charge in [-0.25, -0.2) is 4.39 Å². The van der Waals surface area contributed by atoms with Crippen LogP contribution in [0.25, 0.3) is 0 Å². The fourth-order valence-corrected chi connectivity index (χ4v) is 2.81. The van der Waals surface area contributed by atoms with E-state index in [2.05, 4.69) is 37.3 Å². The lowest BCUT2D eigenvalue weighted by molar-refractivity contribution is 0.549. The normalized spacial score (nSPS) is 12.4. The van der Waals surface area contributed by atoms with Crippen molar-refractivity contribution in [2.24, 2.45) is 5.84 Å². The summed E-state index contributed by atoms with van der Waals surface area (Å²) in [6, 6.07) is 9.96. The number of benzene rings is 2. The summed E-state index contributed by atoms with van der Waals surface area (Å²) in [5.41, 5.74) is 11.1. The highest BCUT2D eigenvalue weighted by Gasteiger charge is 2.16. The third-order valence-electron chi connectivity index (χ3n) is 3.06. The Hall–Kier alpha value is -0.950. The molecule has 0 aliphatic rings. The van der Waals surface area contributed by atoms with Crippen LogP contribution in [0.1, 0.15) is 17.2 Å². The quantitative estimate of drug-likeness (QED) is 0.415. The van der Waals surface area contributed by atoms with Gasteiger partial charge in [-0.2, -0.15) is 0 Å². The maximum absolute atomic E-state index is 13.3. The molecule has 20 heavy (non-hydrogen) atoms. The molecule has 2 aromatic carbocycles. The van der Waals surface area contributed by atoms with Crippen LogP contribution >= 0.6 is 31.9 Å². The third-order valence-corrected chi connectivity index (χ3v) is 4.32. The van der Waals surface area contributed by atoms with Gasteiger partial charge >= 0.3 is 0 Å². The van der Waals surface area contributed by atoms with Gasteiger partial charge in [-0.05, 0) is 53.9 Å². The largest absolute Gasteiger partial charge is 0.398 e. The molecule has 0 saturated carbocycles. The highest BCUT2D eigenvalue weighted by atomic mass is 79.9. The first-order chi connectivity index (χ1) is 9.51. The SMILES string of the molecule is NNC(Cc1cc(F)ccc1Br)c1cc(Br)ccc1N. The van der Waals surface area contributed by atoms with E-state index in [9.17, 15) is 4.39 Å². The number of nitrogen functional groups attached to an aromatic ring is 1. The minimum atomic E-state index is -0.277. The maximum Gasteiger partial charge on any atom is 0.123 e. The molecule has 2 aromatic rings. The van der Waals surface area contributed by atoms with Crippen molar-refractivity contribution in [2.75, 3.05) is 5.73 Å². The average Bonchev–Trinajstić information content (AvgIpc) is 2.42. The van der Waals surface area contributed by atoms with Crippen LogP contribution < -0.4 is 17.0 Å². The molecule has 0 heterocycles. The molecule has 0 spiro atoms. The second kappa shape index (κ2) is 6.67. The van der Waals surface area contributed by atoms with Crippen molar-refractivity contribution in [3.05, 3.63) is 62.3 Å². The summed E-state index contributed by atoms with van der Waals surface area (Å²) in [6.45, 7) is 0. The van der Waals surface area contributed by atoms with Crippen LogP contribution in [-0.2, 0) is 6.42 Å². The van der Waals surface area contributed by atoms with Crippen LogP contribution in [0.2, 0.25) is 0 Å². The Balaban J connectivity index is 2.33. The molecule has 1 unspecified atom stereocenters. The number of hydrogen-bond donors (Lipinski definition) is 3. The van der Waals surface area contributed by atoms with Crippen LogP contribution in [0, 0.1) is 5.82 Å². The minimum absolute atomic E-state index is 0.203. The van der Waals surface area contributed by atoms with E-state index in [1.54, 1.807) is 6.07 Å². The Kier molecular flexibility index (Phi) is 5.15. The molecule has 0 bridgehead atoms. The van der Waals surface area contributed by atoms with Gasteiger partial charge in [0, 0.05) is 14.6 Å². The molecule has 0 amide bonds. The number of hydrogen-bond acceptors (Lipinski definition) is 3. The molecule has 1 atom stereocenters. The minimum Gasteiger partial charge on any atom is -0.398 e.